The molecule has 0 aliphatic carbocycles. The van der Waals surface area contributed by atoms with Crippen molar-refractivity contribution >= 4 is 17.2 Å². The third kappa shape index (κ3) is 4.14. The second-order valence-electron chi connectivity index (χ2n) is 6.27. The van der Waals surface area contributed by atoms with Crippen LogP contribution in [0.3, 0.4) is 0 Å². The summed E-state index contributed by atoms with van der Waals surface area (Å²) in [5.74, 6) is 1.31. The number of benzene rings is 1. The molecule has 0 atom stereocenters. The molecule has 3 aromatic rings. The molecule has 0 saturated carbocycles. The number of carbonyl (C=O) groups is 1. The zero-order chi connectivity index (χ0) is 17.8. The average molecular weight is 354 g/mol. The van der Waals surface area contributed by atoms with Crippen molar-refractivity contribution in [2.45, 2.75) is 26.2 Å². The Bertz CT molecular complexity index is 848. The van der Waals surface area contributed by atoms with Gasteiger partial charge in [-0.2, -0.15) is 0 Å². The molecule has 1 amide bonds. The molecule has 0 aliphatic rings. The summed E-state index contributed by atoms with van der Waals surface area (Å²) in [6.07, 6.45) is 4.35. The highest BCUT2D eigenvalue weighted by Crippen LogP contribution is 2.25. The van der Waals surface area contributed by atoms with E-state index < -0.39 is 0 Å². The number of aromatic nitrogens is 3. The molecule has 3 rings (SSSR count). The van der Waals surface area contributed by atoms with Gasteiger partial charge in [0.05, 0.1) is 0 Å². The molecule has 0 fully saturated rings. The van der Waals surface area contributed by atoms with Crippen molar-refractivity contribution in [2.75, 3.05) is 6.54 Å². The summed E-state index contributed by atoms with van der Waals surface area (Å²) in [6.45, 7) is 4.89. The zero-order valence-electron chi connectivity index (χ0n) is 14.7. The number of carbonyl (C=O) groups excluding carboxylic acids is 1. The van der Waals surface area contributed by atoms with Gasteiger partial charge < -0.3 is 9.88 Å². The van der Waals surface area contributed by atoms with Gasteiger partial charge in [-0.25, -0.2) is 9.97 Å². The Morgan fingerprint density at radius 2 is 2.04 bits per heavy atom. The van der Waals surface area contributed by atoms with Crippen LogP contribution in [-0.4, -0.2) is 27.0 Å². The van der Waals surface area contributed by atoms with E-state index in [1.807, 2.05) is 23.2 Å². The minimum Gasteiger partial charge on any atom is -0.350 e. The summed E-state index contributed by atoms with van der Waals surface area (Å²) in [4.78, 5) is 21.0. The molecule has 1 aromatic carbocycles. The molecule has 0 radical (unpaired) electrons. The quantitative estimate of drug-likeness (QED) is 0.735. The van der Waals surface area contributed by atoms with Crippen molar-refractivity contribution in [1.29, 1.82) is 0 Å². The number of aryl methyl sites for hydroxylation is 1. The molecular weight excluding hydrogens is 332 g/mol. The van der Waals surface area contributed by atoms with E-state index in [2.05, 4.69) is 53.4 Å². The Balaban J connectivity index is 1.60. The van der Waals surface area contributed by atoms with E-state index in [1.165, 1.54) is 16.9 Å². The summed E-state index contributed by atoms with van der Waals surface area (Å²) in [5.41, 5.74) is 2.81. The third-order valence-corrected chi connectivity index (χ3v) is 5.01. The van der Waals surface area contributed by atoms with Gasteiger partial charge in [-0.05, 0) is 11.5 Å². The second kappa shape index (κ2) is 7.61. The van der Waals surface area contributed by atoms with Crippen LogP contribution in [0.4, 0.5) is 0 Å². The van der Waals surface area contributed by atoms with Gasteiger partial charge in [0.25, 0.3) is 5.91 Å². The molecule has 0 aliphatic heterocycles. The van der Waals surface area contributed by atoms with E-state index in [1.54, 1.807) is 6.20 Å². The summed E-state index contributed by atoms with van der Waals surface area (Å²) in [5, 5.41) is 5.58. The van der Waals surface area contributed by atoms with Gasteiger partial charge in [0.2, 0.25) is 0 Å². The predicted molar refractivity (Wildman–Crippen MR) is 101 cm³/mol. The Hall–Kier alpha value is -2.47. The maximum absolute atomic E-state index is 12.3. The molecule has 1 N–H and O–H groups in total. The Labute approximate surface area is 151 Å². The van der Waals surface area contributed by atoms with E-state index >= 15 is 0 Å². The minimum atomic E-state index is -0.143. The van der Waals surface area contributed by atoms with Crippen LogP contribution < -0.4 is 5.32 Å². The first-order valence-electron chi connectivity index (χ1n) is 8.35. The lowest BCUT2D eigenvalue weighted by Crippen LogP contribution is -2.26. The van der Waals surface area contributed by atoms with Gasteiger partial charge >= 0.3 is 0 Å². The molecule has 130 valence electrons. The highest BCUT2D eigenvalue weighted by molar-refractivity contribution is 7.13. The molecule has 6 heteroatoms. The van der Waals surface area contributed by atoms with E-state index in [0.29, 0.717) is 24.6 Å². The van der Waals surface area contributed by atoms with Crippen molar-refractivity contribution in [2.24, 2.45) is 7.05 Å². The van der Waals surface area contributed by atoms with Crippen LogP contribution in [0.25, 0.3) is 10.6 Å². The van der Waals surface area contributed by atoms with Crippen molar-refractivity contribution in [3.63, 3.8) is 0 Å². The largest absolute Gasteiger partial charge is 0.350 e. The van der Waals surface area contributed by atoms with Crippen LogP contribution in [0.5, 0.6) is 0 Å². The number of nitrogens with one attached hydrogen (secondary N) is 1. The Morgan fingerprint density at radius 3 is 2.68 bits per heavy atom. The smallest absolute Gasteiger partial charge is 0.270 e. The first-order valence-corrected chi connectivity index (χ1v) is 9.23. The van der Waals surface area contributed by atoms with Gasteiger partial charge in [-0.3, -0.25) is 4.79 Å². The monoisotopic (exact) mass is 354 g/mol. The zero-order valence-corrected chi connectivity index (χ0v) is 15.5. The fraction of sp³-hybridized carbons (Fsp3) is 0.316. The SMILES string of the molecule is CC(C)c1ccc(-c2nc(C(=O)NCCc3nccn3C)cs2)cc1. The van der Waals surface area contributed by atoms with Gasteiger partial charge in [0, 0.05) is 43.4 Å². The molecule has 0 spiro atoms. The number of imidazole rings is 1. The van der Waals surface area contributed by atoms with Gasteiger partial charge in [0.1, 0.15) is 16.5 Å². The van der Waals surface area contributed by atoms with Crippen LogP contribution in [0.2, 0.25) is 0 Å². The van der Waals surface area contributed by atoms with Crippen molar-refractivity contribution in [1.82, 2.24) is 19.9 Å². The molecule has 0 saturated heterocycles. The fourth-order valence-corrected chi connectivity index (χ4v) is 3.34. The van der Waals surface area contributed by atoms with Gasteiger partial charge in [-0.15, -0.1) is 11.3 Å². The maximum atomic E-state index is 12.3. The normalized spacial score (nSPS) is 11.0. The van der Waals surface area contributed by atoms with E-state index in [4.69, 9.17) is 0 Å². The lowest BCUT2D eigenvalue weighted by molar-refractivity contribution is 0.0949. The van der Waals surface area contributed by atoms with E-state index in [-0.39, 0.29) is 5.91 Å². The number of hydrogen-bond acceptors (Lipinski definition) is 4. The lowest BCUT2D eigenvalue weighted by atomic mass is 10.0. The number of thiazole rings is 1. The lowest BCUT2D eigenvalue weighted by Gasteiger charge is -2.05. The van der Waals surface area contributed by atoms with Crippen LogP contribution >= 0.6 is 11.3 Å². The summed E-state index contributed by atoms with van der Waals surface area (Å²) >= 11 is 1.49. The standard InChI is InChI=1S/C19H22N4OS/c1-13(2)14-4-6-15(7-5-14)19-22-16(12-25-19)18(24)21-9-8-17-20-10-11-23(17)3/h4-7,10-13H,8-9H2,1-3H3,(H,21,24). The Morgan fingerprint density at radius 1 is 1.28 bits per heavy atom. The summed E-state index contributed by atoms with van der Waals surface area (Å²) in [7, 11) is 1.95. The number of hydrogen-bond donors (Lipinski definition) is 1. The summed E-state index contributed by atoms with van der Waals surface area (Å²) in [6, 6.07) is 8.37. The number of amides is 1. The van der Waals surface area contributed by atoms with E-state index in [0.717, 1.165) is 16.4 Å². The minimum absolute atomic E-state index is 0.143. The van der Waals surface area contributed by atoms with Crippen LogP contribution in [0.15, 0.2) is 42.0 Å². The second-order valence-corrected chi connectivity index (χ2v) is 7.13. The first-order chi connectivity index (χ1) is 12.0. The highest BCUT2D eigenvalue weighted by Gasteiger charge is 2.12. The molecule has 0 unspecified atom stereocenters. The Kier molecular flexibility index (Phi) is 5.28. The number of nitrogens with zero attached hydrogens (tertiary/aromatic N) is 3. The maximum Gasteiger partial charge on any atom is 0.270 e. The van der Waals surface area contributed by atoms with Crippen LogP contribution in [0.1, 0.15) is 41.6 Å². The first kappa shape index (κ1) is 17.4. The topological polar surface area (TPSA) is 59.8 Å². The van der Waals surface area contributed by atoms with Crippen LogP contribution in [-0.2, 0) is 13.5 Å². The van der Waals surface area contributed by atoms with Crippen molar-refractivity contribution < 1.29 is 4.79 Å². The third-order valence-electron chi connectivity index (χ3n) is 4.12. The molecule has 25 heavy (non-hydrogen) atoms. The predicted octanol–water partition coefficient (Wildman–Crippen LogP) is 3.64. The van der Waals surface area contributed by atoms with Crippen molar-refractivity contribution in [3.8, 4) is 10.6 Å². The number of rotatable bonds is 6. The summed E-state index contributed by atoms with van der Waals surface area (Å²) < 4.78 is 1.95. The molecule has 2 heterocycles. The molecular formula is C19H22N4OS. The van der Waals surface area contributed by atoms with Gasteiger partial charge in [-0.1, -0.05) is 38.1 Å². The fourth-order valence-electron chi connectivity index (χ4n) is 2.54. The average Bonchev–Trinajstić information content (AvgIpc) is 3.24. The molecule has 2 aromatic heterocycles. The molecule has 5 nitrogen and oxygen atoms in total. The highest BCUT2D eigenvalue weighted by atomic mass is 32.1. The van der Waals surface area contributed by atoms with E-state index in [9.17, 15) is 4.79 Å². The van der Waals surface area contributed by atoms with Crippen molar-refractivity contribution in [3.05, 3.63) is 59.1 Å². The van der Waals surface area contributed by atoms with Gasteiger partial charge in [0.15, 0.2) is 0 Å². The molecule has 0 bridgehead atoms. The van der Waals surface area contributed by atoms with Crippen LogP contribution in [0, 0.1) is 0 Å².